The highest BCUT2D eigenvalue weighted by atomic mass is 16.6. The molecule has 3 N–H and O–H groups in total. The van der Waals surface area contributed by atoms with E-state index in [4.69, 9.17) is 10.6 Å². The summed E-state index contributed by atoms with van der Waals surface area (Å²) in [4.78, 5) is 24.5. The monoisotopic (exact) mass is 243 g/mol. The van der Waals surface area contributed by atoms with E-state index in [1.54, 1.807) is 4.90 Å². The van der Waals surface area contributed by atoms with Crippen LogP contribution in [0, 0.1) is 5.92 Å². The molecule has 0 aliphatic carbocycles. The molecule has 0 aromatic rings. The average Bonchev–Trinajstić information content (AvgIpc) is 2.63. The van der Waals surface area contributed by atoms with E-state index >= 15 is 0 Å². The molecule has 6 nitrogen and oxygen atoms in total. The molecule has 0 saturated carbocycles. The van der Waals surface area contributed by atoms with Gasteiger partial charge in [0.25, 0.3) is 0 Å². The lowest BCUT2D eigenvalue weighted by Gasteiger charge is -2.24. The van der Waals surface area contributed by atoms with Gasteiger partial charge in [-0.2, -0.15) is 0 Å². The maximum absolute atomic E-state index is 11.7. The van der Waals surface area contributed by atoms with Gasteiger partial charge in [-0.25, -0.2) is 10.6 Å². The number of hydrazine groups is 1. The van der Waals surface area contributed by atoms with Crippen LogP contribution in [0.4, 0.5) is 4.79 Å². The third-order valence-electron chi connectivity index (χ3n) is 2.57. The van der Waals surface area contributed by atoms with Gasteiger partial charge >= 0.3 is 6.09 Å². The molecule has 0 aromatic heterocycles. The quantitative estimate of drug-likeness (QED) is 0.423. The average molecular weight is 243 g/mol. The van der Waals surface area contributed by atoms with Gasteiger partial charge in [0.05, 0.1) is 0 Å². The number of hydrogen-bond acceptors (Lipinski definition) is 4. The molecule has 0 bridgehead atoms. The molecule has 1 atom stereocenters. The number of rotatable bonds is 2. The summed E-state index contributed by atoms with van der Waals surface area (Å²) < 4.78 is 5.26. The van der Waals surface area contributed by atoms with E-state index in [0.29, 0.717) is 19.5 Å². The first-order valence-corrected chi connectivity index (χ1v) is 5.79. The fourth-order valence-electron chi connectivity index (χ4n) is 1.81. The SMILES string of the molecule is CC(C)(C)OC(=O)N1CC[C@@H](CC(=O)NN)C1. The molecule has 1 aliphatic rings. The number of carbonyl (C=O) groups excluding carboxylic acids is 2. The van der Waals surface area contributed by atoms with Crippen molar-refractivity contribution >= 4 is 12.0 Å². The first-order valence-electron chi connectivity index (χ1n) is 5.79. The van der Waals surface area contributed by atoms with Gasteiger partial charge in [0.2, 0.25) is 5.91 Å². The Kier molecular flexibility index (Phi) is 4.34. The fourth-order valence-corrected chi connectivity index (χ4v) is 1.81. The summed E-state index contributed by atoms with van der Waals surface area (Å²) in [6.07, 6.45) is 0.857. The van der Waals surface area contributed by atoms with Crippen molar-refractivity contribution in [3.05, 3.63) is 0 Å². The van der Waals surface area contributed by atoms with E-state index in [9.17, 15) is 9.59 Å². The molecule has 1 fully saturated rings. The van der Waals surface area contributed by atoms with Crippen LogP contribution in [0.3, 0.4) is 0 Å². The highest BCUT2D eigenvalue weighted by Gasteiger charge is 2.30. The Morgan fingerprint density at radius 1 is 1.47 bits per heavy atom. The highest BCUT2D eigenvalue weighted by Crippen LogP contribution is 2.21. The van der Waals surface area contributed by atoms with Gasteiger partial charge in [-0.3, -0.25) is 10.2 Å². The number of likely N-dealkylation sites (tertiary alicyclic amines) is 1. The molecule has 1 rings (SSSR count). The maximum Gasteiger partial charge on any atom is 0.410 e. The Balaban J connectivity index is 2.39. The summed E-state index contributed by atoms with van der Waals surface area (Å²) in [5, 5.41) is 0. The lowest BCUT2D eigenvalue weighted by Crippen LogP contribution is -2.36. The predicted molar refractivity (Wildman–Crippen MR) is 62.9 cm³/mol. The molecule has 0 radical (unpaired) electrons. The lowest BCUT2D eigenvalue weighted by molar-refractivity contribution is -0.122. The lowest BCUT2D eigenvalue weighted by atomic mass is 10.1. The van der Waals surface area contributed by atoms with Gasteiger partial charge in [-0.05, 0) is 33.1 Å². The Hall–Kier alpha value is -1.30. The standard InChI is InChI=1S/C11H21N3O3/c1-11(2,3)17-10(16)14-5-4-8(7-14)6-9(15)13-12/h8H,4-7,12H2,1-3H3,(H,13,15)/t8-/m0/s1. The minimum atomic E-state index is -0.482. The van der Waals surface area contributed by atoms with E-state index < -0.39 is 5.60 Å². The van der Waals surface area contributed by atoms with Gasteiger partial charge in [-0.15, -0.1) is 0 Å². The molecule has 98 valence electrons. The van der Waals surface area contributed by atoms with E-state index in [-0.39, 0.29) is 17.9 Å². The second kappa shape index (κ2) is 5.35. The molecule has 0 aromatic carbocycles. The van der Waals surface area contributed by atoms with Crippen molar-refractivity contribution in [3.63, 3.8) is 0 Å². The fraction of sp³-hybridized carbons (Fsp3) is 0.818. The van der Waals surface area contributed by atoms with E-state index in [2.05, 4.69) is 5.43 Å². The second-order valence-corrected chi connectivity index (χ2v) is 5.35. The van der Waals surface area contributed by atoms with Crippen molar-refractivity contribution in [1.82, 2.24) is 10.3 Å². The van der Waals surface area contributed by atoms with Crippen molar-refractivity contribution in [2.75, 3.05) is 13.1 Å². The van der Waals surface area contributed by atoms with Gasteiger partial charge < -0.3 is 9.64 Å². The predicted octanol–water partition coefficient (Wildman–Crippen LogP) is 0.623. The van der Waals surface area contributed by atoms with Crippen LogP contribution in [-0.2, 0) is 9.53 Å². The number of ether oxygens (including phenoxy) is 1. The summed E-state index contributed by atoms with van der Waals surface area (Å²) in [5.41, 5.74) is 1.62. The van der Waals surface area contributed by atoms with Crippen LogP contribution < -0.4 is 11.3 Å². The Labute approximate surface area is 101 Å². The Morgan fingerprint density at radius 3 is 2.65 bits per heavy atom. The van der Waals surface area contributed by atoms with Crippen molar-refractivity contribution in [3.8, 4) is 0 Å². The first kappa shape index (κ1) is 13.8. The summed E-state index contributed by atoms with van der Waals surface area (Å²) in [6.45, 7) is 6.70. The minimum absolute atomic E-state index is 0.172. The Bertz CT molecular complexity index is 299. The largest absolute Gasteiger partial charge is 0.444 e. The number of amides is 2. The molecular weight excluding hydrogens is 222 g/mol. The van der Waals surface area contributed by atoms with Crippen LogP contribution in [0.25, 0.3) is 0 Å². The zero-order valence-corrected chi connectivity index (χ0v) is 10.7. The molecule has 1 saturated heterocycles. The Morgan fingerprint density at radius 2 is 2.12 bits per heavy atom. The number of nitrogens with one attached hydrogen (secondary N) is 1. The zero-order valence-electron chi connectivity index (χ0n) is 10.7. The number of nitrogens with zero attached hydrogens (tertiary/aromatic N) is 1. The number of hydrogen-bond donors (Lipinski definition) is 2. The van der Waals surface area contributed by atoms with Crippen molar-refractivity contribution in [2.45, 2.75) is 39.2 Å². The minimum Gasteiger partial charge on any atom is -0.444 e. The summed E-state index contributed by atoms with van der Waals surface area (Å²) in [5.74, 6) is 5.00. The smallest absolute Gasteiger partial charge is 0.410 e. The maximum atomic E-state index is 11.7. The third kappa shape index (κ3) is 4.60. The molecule has 1 aliphatic heterocycles. The first-order chi connectivity index (χ1) is 7.81. The molecule has 6 heteroatoms. The topological polar surface area (TPSA) is 84.7 Å². The summed E-state index contributed by atoms with van der Waals surface area (Å²) in [6, 6.07) is 0. The number of carbonyl (C=O) groups is 2. The molecule has 2 amide bonds. The zero-order chi connectivity index (χ0) is 13.1. The van der Waals surface area contributed by atoms with E-state index in [1.165, 1.54) is 0 Å². The third-order valence-corrected chi connectivity index (χ3v) is 2.57. The van der Waals surface area contributed by atoms with Crippen molar-refractivity contribution < 1.29 is 14.3 Å². The van der Waals surface area contributed by atoms with Crippen LogP contribution in [0.2, 0.25) is 0 Å². The second-order valence-electron chi connectivity index (χ2n) is 5.35. The van der Waals surface area contributed by atoms with Crippen LogP contribution >= 0.6 is 0 Å². The molecule has 0 spiro atoms. The van der Waals surface area contributed by atoms with Crippen LogP contribution in [0.1, 0.15) is 33.6 Å². The van der Waals surface area contributed by atoms with Gasteiger partial charge in [0.1, 0.15) is 5.60 Å². The van der Waals surface area contributed by atoms with Crippen molar-refractivity contribution in [1.29, 1.82) is 0 Å². The number of nitrogens with two attached hydrogens (primary N) is 1. The van der Waals surface area contributed by atoms with Crippen LogP contribution in [0.5, 0.6) is 0 Å². The van der Waals surface area contributed by atoms with E-state index in [1.807, 2.05) is 20.8 Å². The molecule has 1 heterocycles. The van der Waals surface area contributed by atoms with Gasteiger partial charge in [0, 0.05) is 19.5 Å². The summed E-state index contributed by atoms with van der Waals surface area (Å²) >= 11 is 0. The molecular formula is C11H21N3O3. The van der Waals surface area contributed by atoms with E-state index in [0.717, 1.165) is 6.42 Å². The normalized spacial score (nSPS) is 20.2. The van der Waals surface area contributed by atoms with Crippen LogP contribution in [-0.4, -0.2) is 35.6 Å². The van der Waals surface area contributed by atoms with Crippen LogP contribution in [0.15, 0.2) is 0 Å². The van der Waals surface area contributed by atoms with Crippen molar-refractivity contribution in [2.24, 2.45) is 11.8 Å². The summed E-state index contributed by atoms with van der Waals surface area (Å²) in [7, 11) is 0. The molecule has 0 unspecified atom stereocenters. The van der Waals surface area contributed by atoms with Gasteiger partial charge in [0.15, 0.2) is 0 Å². The molecule has 17 heavy (non-hydrogen) atoms. The highest BCUT2D eigenvalue weighted by molar-refractivity contribution is 5.75. The van der Waals surface area contributed by atoms with Gasteiger partial charge in [-0.1, -0.05) is 0 Å².